The van der Waals surface area contributed by atoms with Crippen LogP contribution in [0.15, 0.2) is 15.9 Å². The van der Waals surface area contributed by atoms with Crippen molar-refractivity contribution in [2.75, 3.05) is 6.54 Å². The summed E-state index contributed by atoms with van der Waals surface area (Å²) in [6.45, 7) is 0.256. The van der Waals surface area contributed by atoms with Crippen molar-refractivity contribution in [3.8, 4) is 0 Å². The summed E-state index contributed by atoms with van der Waals surface area (Å²) < 4.78 is 3.81. The van der Waals surface area contributed by atoms with Crippen molar-refractivity contribution in [2.24, 2.45) is 19.8 Å². The SMILES string of the molecule is Cn1c(=O)c2c(ncn2CC(O)CN)n(C)c1=O. The van der Waals surface area contributed by atoms with Crippen molar-refractivity contribution in [1.29, 1.82) is 0 Å². The highest BCUT2D eigenvalue weighted by Gasteiger charge is 2.15. The molecule has 0 aliphatic carbocycles. The van der Waals surface area contributed by atoms with Crippen molar-refractivity contribution >= 4 is 11.2 Å². The van der Waals surface area contributed by atoms with Crippen molar-refractivity contribution in [3.63, 3.8) is 0 Å². The van der Waals surface area contributed by atoms with E-state index in [9.17, 15) is 14.7 Å². The fraction of sp³-hybridized carbons (Fsp3) is 0.500. The first-order valence-electron chi connectivity index (χ1n) is 5.46. The summed E-state index contributed by atoms with van der Waals surface area (Å²) >= 11 is 0. The summed E-state index contributed by atoms with van der Waals surface area (Å²) in [7, 11) is 2.95. The number of aliphatic hydroxyl groups excluding tert-OH is 1. The molecule has 0 aliphatic heterocycles. The number of aryl methyl sites for hydroxylation is 1. The van der Waals surface area contributed by atoms with Crippen molar-refractivity contribution < 1.29 is 5.11 Å². The van der Waals surface area contributed by atoms with Gasteiger partial charge in [-0.05, 0) is 0 Å². The number of imidazole rings is 1. The second kappa shape index (κ2) is 4.39. The van der Waals surface area contributed by atoms with E-state index in [1.807, 2.05) is 0 Å². The highest BCUT2D eigenvalue weighted by atomic mass is 16.3. The van der Waals surface area contributed by atoms with E-state index >= 15 is 0 Å². The summed E-state index contributed by atoms with van der Waals surface area (Å²) in [6, 6.07) is 0. The monoisotopic (exact) mass is 253 g/mol. The molecule has 0 amide bonds. The fourth-order valence-electron chi connectivity index (χ4n) is 1.84. The molecule has 1 unspecified atom stereocenters. The van der Waals surface area contributed by atoms with Crippen molar-refractivity contribution in [1.82, 2.24) is 18.7 Å². The minimum atomic E-state index is -0.760. The lowest BCUT2D eigenvalue weighted by Gasteiger charge is -2.09. The zero-order valence-electron chi connectivity index (χ0n) is 10.2. The van der Waals surface area contributed by atoms with Crippen LogP contribution in [0.25, 0.3) is 11.2 Å². The molecule has 0 bridgehead atoms. The first-order chi connectivity index (χ1) is 8.47. The van der Waals surface area contributed by atoms with Gasteiger partial charge in [0.15, 0.2) is 11.2 Å². The maximum absolute atomic E-state index is 12.0. The second-order valence-corrected chi connectivity index (χ2v) is 4.16. The zero-order valence-corrected chi connectivity index (χ0v) is 10.2. The van der Waals surface area contributed by atoms with Gasteiger partial charge >= 0.3 is 5.69 Å². The van der Waals surface area contributed by atoms with Gasteiger partial charge in [0.1, 0.15) is 0 Å². The minimum absolute atomic E-state index is 0.0890. The minimum Gasteiger partial charge on any atom is -0.390 e. The highest BCUT2D eigenvalue weighted by molar-refractivity contribution is 5.69. The maximum Gasteiger partial charge on any atom is 0.332 e. The van der Waals surface area contributed by atoms with Crippen LogP contribution in [0.1, 0.15) is 0 Å². The molecule has 18 heavy (non-hydrogen) atoms. The Bertz CT molecular complexity index is 696. The molecular formula is C10H15N5O3. The molecule has 8 nitrogen and oxygen atoms in total. The normalized spacial score (nSPS) is 13.1. The Morgan fingerprint density at radius 2 is 2.06 bits per heavy atom. The van der Waals surface area contributed by atoms with Gasteiger partial charge in [-0.25, -0.2) is 9.78 Å². The zero-order chi connectivity index (χ0) is 13.4. The molecule has 0 fully saturated rings. The maximum atomic E-state index is 12.0. The van der Waals surface area contributed by atoms with E-state index in [0.29, 0.717) is 5.65 Å². The molecule has 2 heterocycles. The number of hydrogen-bond donors (Lipinski definition) is 2. The first kappa shape index (κ1) is 12.5. The van der Waals surface area contributed by atoms with E-state index < -0.39 is 17.4 Å². The lowest BCUT2D eigenvalue weighted by Crippen LogP contribution is -2.38. The molecule has 2 aromatic heterocycles. The van der Waals surface area contributed by atoms with Crippen LogP contribution in [0.5, 0.6) is 0 Å². The smallest absolute Gasteiger partial charge is 0.332 e. The van der Waals surface area contributed by atoms with E-state index in [1.54, 1.807) is 7.05 Å². The van der Waals surface area contributed by atoms with Gasteiger partial charge < -0.3 is 15.4 Å². The third kappa shape index (κ3) is 1.75. The van der Waals surface area contributed by atoms with Gasteiger partial charge in [-0.3, -0.25) is 13.9 Å². The van der Waals surface area contributed by atoms with Crippen LogP contribution in [0, 0.1) is 0 Å². The molecule has 8 heteroatoms. The predicted molar refractivity (Wildman–Crippen MR) is 65.3 cm³/mol. The third-order valence-corrected chi connectivity index (χ3v) is 2.90. The number of fused-ring (bicyclic) bond motifs is 1. The van der Waals surface area contributed by atoms with Crippen LogP contribution in [0.2, 0.25) is 0 Å². The van der Waals surface area contributed by atoms with Gasteiger partial charge in [-0.2, -0.15) is 0 Å². The van der Waals surface area contributed by atoms with Gasteiger partial charge in [-0.15, -0.1) is 0 Å². The van der Waals surface area contributed by atoms with Gasteiger partial charge in [0.2, 0.25) is 0 Å². The van der Waals surface area contributed by atoms with E-state index in [0.717, 1.165) is 4.57 Å². The standard InChI is InChI=1S/C10H15N5O3/c1-13-8-7(9(17)14(2)10(13)18)15(5-12-8)4-6(16)3-11/h5-6,16H,3-4,11H2,1-2H3. The number of nitrogens with zero attached hydrogens (tertiary/aromatic N) is 4. The molecule has 3 N–H and O–H groups in total. The second-order valence-electron chi connectivity index (χ2n) is 4.16. The Labute approximate surface area is 102 Å². The number of hydrogen-bond acceptors (Lipinski definition) is 5. The Kier molecular flexibility index (Phi) is 3.05. The molecular weight excluding hydrogens is 238 g/mol. The number of rotatable bonds is 3. The largest absolute Gasteiger partial charge is 0.390 e. The van der Waals surface area contributed by atoms with Crippen LogP contribution in [0.4, 0.5) is 0 Å². The molecule has 0 radical (unpaired) electrons. The Balaban J connectivity index is 2.74. The summed E-state index contributed by atoms with van der Waals surface area (Å²) in [5.74, 6) is 0. The van der Waals surface area contributed by atoms with Crippen LogP contribution >= 0.6 is 0 Å². The van der Waals surface area contributed by atoms with Crippen LogP contribution in [-0.2, 0) is 20.6 Å². The predicted octanol–water partition coefficient (Wildman–Crippen LogP) is -2.25. The third-order valence-electron chi connectivity index (χ3n) is 2.90. The lowest BCUT2D eigenvalue weighted by atomic mass is 10.3. The topological polar surface area (TPSA) is 108 Å². The highest BCUT2D eigenvalue weighted by Crippen LogP contribution is 2.05. The molecule has 0 aliphatic rings. The van der Waals surface area contributed by atoms with E-state index in [2.05, 4.69) is 4.98 Å². The first-order valence-corrected chi connectivity index (χ1v) is 5.46. The van der Waals surface area contributed by atoms with Crippen LogP contribution in [0.3, 0.4) is 0 Å². The molecule has 0 saturated carbocycles. The molecule has 0 aromatic carbocycles. The summed E-state index contributed by atoms with van der Waals surface area (Å²) in [6.07, 6.45) is 0.661. The number of aromatic nitrogens is 4. The Morgan fingerprint density at radius 1 is 1.39 bits per heavy atom. The van der Waals surface area contributed by atoms with Gasteiger partial charge in [-0.1, -0.05) is 0 Å². The van der Waals surface area contributed by atoms with Crippen molar-refractivity contribution in [2.45, 2.75) is 12.6 Å². The molecule has 2 aromatic rings. The Hall–Kier alpha value is -1.93. The van der Waals surface area contributed by atoms with Gasteiger partial charge in [0.25, 0.3) is 5.56 Å². The van der Waals surface area contributed by atoms with Gasteiger partial charge in [0, 0.05) is 20.6 Å². The summed E-state index contributed by atoms with van der Waals surface area (Å²) in [4.78, 5) is 27.8. The fourth-order valence-corrected chi connectivity index (χ4v) is 1.84. The average Bonchev–Trinajstić information content (AvgIpc) is 2.77. The van der Waals surface area contributed by atoms with Crippen LogP contribution < -0.4 is 17.0 Å². The van der Waals surface area contributed by atoms with Gasteiger partial charge in [0.05, 0.1) is 19.0 Å². The molecule has 1 atom stereocenters. The van der Waals surface area contributed by atoms with Crippen LogP contribution in [-0.4, -0.2) is 36.4 Å². The number of nitrogens with two attached hydrogens (primary N) is 1. The van der Waals surface area contributed by atoms with E-state index in [-0.39, 0.29) is 18.6 Å². The summed E-state index contributed by atoms with van der Waals surface area (Å²) in [5, 5.41) is 9.52. The molecule has 0 saturated heterocycles. The summed E-state index contributed by atoms with van der Waals surface area (Å²) in [5.41, 5.74) is 5.05. The molecule has 98 valence electrons. The molecule has 2 rings (SSSR count). The Morgan fingerprint density at radius 3 is 2.67 bits per heavy atom. The molecule has 0 spiro atoms. The number of aliphatic hydroxyl groups is 1. The van der Waals surface area contributed by atoms with E-state index in [4.69, 9.17) is 5.73 Å². The van der Waals surface area contributed by atoms with E-state index in [1.165, 1.54) is 22.5 Å². The quantitative estimate of drug-likeness (QED) is 0.642. The van der Waals surface area contributed by atoms with Crippen molar-refractivity contribution in [3.05, 3.63) is 27.2 Å². The lowest BCUT2D eigenvalue weighted by molar-refractivity contribution is 0.163. The average molecular weight is 253 g/mol.